The number of aromatic nitrogens is 2. The molecule has 2 amide bonds. The van der Waals surface area contributed by atoms with E-state index in [1.807, 2.05) is 4.72 Å². The van der Waals surface area contributed by atoms with E-state index in [4.69, 9.17) is 4.52 Å². The summed E-state index contributed by atoms with van der Waals surface area (Å²) in [6.07, 6.45) is 0.472. The normalized spacial score (nSPS) is 21.9. The molecule has 15 heteroatoms. The number of nitrogens with zero attached hydrogens (tertiary/aromatic N) is 4. The summed E-state index contributed by atoms with van der Waals surface area (Å²) in [7, 11) is -3.98. The Kier molecular flexibility index (Phi) is 5.66. The van der Waals surface area contributed by atoms with Gasteiger partial charge in [0.1, 0.15) is 29.4 Å². The van der Waals surface area contributed by atoms with Crippen LogP contribution in [0.15, 0.2) is 28.9 Å². The third kappa shape index (κ3) is 3.86. The van der Waals surface area contributed by atoms with Crippen LogP contribution in [0.4, 0.5) is 32.6 Å². The average molecular weight is 531 g/mol. The number of anilines is 1. The number of hydrogen-bond donors (Lipinski definition) is 1. The average Bonchev–Trinajstić information content (AvgIpc) is 3.32. The first-order valence-corrected chi connectivity index (χ1v) is 12.4. The van der Waals surface area contributed by atoms with Crippen molar-refractivity contribution in [2.45, 2.75) is 31.4 Å². The summed E-state index contributed by atoms with van der Waals surface area (Å²) < 4.78 is 103. The molecular weight excluding hydrogens is 513 g/mol. The second kappa shape index (κ2) is 8.37. The van der Waals surface area contributed by atoms with Crippen molar-refractivity contribution in [3.05, 3.63) is 41.8 Å². The number of rotatable bonds is 5. The molecule has 0 bridgehead atoms. The molecule has 2 fully saturated rings. The zero-order chi connectivity index (χ0) is 26.0. The highest BCUT2D eigenvalue weighted by molar-refractivity contribution is 7.89. The summed E-state index contributed by atoms with van der Waals surface area (Å²) in [5, 5.41) is 3.77. The molecule has 0 saturated carbocycles. The molecule has 0 spiro atoms. The van der Waals surface area contributed by atoms with Crippen molar-refractivity contribution in [3.63, 3.8) is 0 Å². The standard InChI is InChI=1S/C21H18F5N5O4S/c1-2-36(33,34)29-15-9-31-16(21(15,25)26)3-4-30(20(31)32)19-17-12(5-10(22)7-14(17)35-28-19)18-13(24)6-11(23)8-27-18/h5-8,15-16,29H,2-4,9H2,1H3/t15-,16-/m1/s1. The minimum Gasteiger partial charge on any atom is -0.354 e. The Labute approximate surface area is 200 Å². The van der Waals surface area contributed by atoms with Crippen molar-refractivity contribution >= 4 is 32.8 Å². The summed E-state index contributed by atoms with van der Waals surface area (Å²) in [4.78, 5) is 18.8. The fourth-order valence-electron chi connectivity index (χ4n) is 4.57. The molecule has 9 nitrogen and oxygen atoms in total. The number of alkyl halides is 2. The van der Waals surface area contributed by atoms with Crippen LogP contribution in [-0.4, -0.2) is 66.3 Å². The van der Waals surface area contributed by atoms with Crippen molar-refractivity contribution in [2.75, 3.05) is 23.7 Å². The predicted molar refractivity (Wildman–Crippen MR) is 116 cm³/mol. The van der Waals surface area contributed by atoms with Crippen molar-refractivity contribution in [2.24, 2.45) is 0 Å². The number of hydrogen-bond acceptors (Lipinski definition) is 6. The lowest BCUT2D eigenvalue weighted by Crippen LogP contribution is -2.56. The molecule has 0 unspecified atom stereocenters. The van der Waals surface area contributed by atoms with E-state index >= 15 is 8.78 Å². The number of halogens is 5. The monoisotopic (exact) mass is 531 g/mol. The molecule has 1 N–H and O–H groups in total. The highest BCUT2D eigenvalue weighted by Crippen LogP contribution is 2.43. The molecule has 3 aromatic rings. The van der Waals surface area contributed by atoms with Crippen LogP contribution in [0.3, 0.4) is 0 Å². The molecule has 2 aliphatic heterocycles. The van der Waals surface area contributed by atoms with E-state index in [0.29, 0.717) is 6.07 Å². The molecule has 4 heterocycles. The highest BCUT2D eigenvalue weighted by Gasteiger charge is 2.60. The van der Waals surface area contributed by atoms with Crippen LogP contribution in [0.25, 0.3) is 22.2 Å². The predicted octanol–water partition coefficient (Wildman–Crippen LogP) is 3.26. The van der Waals surface area contributed by atoms with Gasteiger partial charge in [-0.1, -0.05) is 5.16 Å². The number of carbonyl (C=O) groups is 1. The lowest BCUT2D eigenvalue weighted by molar-refractivity contribution is -0.0448. The molecule has 1 aromatic carbocycles. The number of nitrogens with one attached hydrogen (secondary N) is 1. The lowest BCUT2D eigenvalue weighted by atomic mass is 10.0. The van der Waals surface area contributed by atoms with Crippen molar-refractivity contribution in [1.82, 2.24) is 19.8 Å². The first-order valence-electron chi connectivity index (χ1n) is 10.8. The number of fused-ring (bicyclic) bond motifs is 2. The Morgan fingerprint density at radius 3 is 2.64 bits per heavy atom. The Bertz CT molecular complexity index is 1480. The smallest absolute Gasteiger partial charge is 0.326 e. The van der Waals surface area contributed by atoms with E-state index in [-0.39, 0.29) is 35.3 Å². The number of pyridine rings is 1. The molecule has 0 radical (unpaired) electrons. The van der Waals surface area contributed by atoms with E-state index in [1.165, 1.54) is 6.92 Å². The first kappa shape index (κ1) is 24.4. The first-order chi connectivity index (χ1) is 16.9. The van der Waals surface area contributed by atoms with Gasteiger partial charge in [-0.05, 0) is 19.4 Å². The summed E-state index contributed by atoms with van der Waals surface area (Å²) in [5.41, 5.74) is -0.802. The van der Waals surface area contributed by atoms with Crippen molar-refractivity contribution in [3.8, 4) is 11.3 Å². The zero-order valence-corrected chi connectivity index (χ0v) is 19.3. The molecule has 0 aliphatic carbocycles. The van der Waals surface area contributed by atoms with Crippen LogP contribution >= 0.6 is 0 Å². The summed E-state index contributed by atoms with van der Waals surface area (Å²) in [6.45, 7) is 0.433. The van der Waals surface area contributed by atoms with Gasteiger partial charge >= 0.3 is 6.03 Å². The maximum atomic E-state index is 15.0. The number of sulfonamides is 1. The van der Waals surface area contributed by atoms with E-state index in [1.54, 1.807) is 0 Å². The van der Waals surface area contributed by atoms with Gasteiger partial charge in [0, 0.05) is 30.8 Å². The van der Waals surface area contributed by atoms with Crippen LogP contribution in [0.1, 0.15) is 13.3 Å². The number of carbonyl (C=O) groups excluding carboxylic acids is 1. The van der Waals surface area contributed by atoms with Crippen molar-refractivity contribution < 1.29 is 39.7 Å². The summed E-state index contributed by atoms with van der Waals surface area (Å²) in [5.74, 6) is -7.07. The van der Waals surface area contributed by atoms with Gasteiger partial charge in [-0.2, -0.15) is 0 Å². The molecular formula is C21H18F5N5O4S. The molecule has 192 valence electrons. The SMILES string of the molecule is CCS(=O)(=O)N[C@@H]1CN2C(=O)N(c3noc4cc(F)cc(-c5ncc(F)cc5F)c34)CC[C@@H]2C1(F)F. The number of benzene rings is 1. The molecule has 2 saturated heterocycles. The van der Waals surface area contributed by atoms with Crippen LogP contribution in [0.2, 0.25) is 0 Å². The fraction of sp³-hybridized carbons (Fsp3) is 0.381. The van der Waals surface area contributed by atoms with Gasteiger partial charge in [0.25, 0.3) is 5.92 Å². The van der Waals surface area contributed by atoms with E-state index < -0.39 is 69.5 Å². The zero-order valence-electron chi connectivity index (χ0n) is 18.5. The van der Waals surface area contributed by atoms with Crippen LogP contribution < -0.4 is 9.62 Å². The maximum Gasteiger partial charge on any atom is 0.326 e. The van der Waals surface area contributed by atoms with Crippen LogP contribution in [0.5, 0.6) is 0 Å². The number of urea groups is 1. The van der Waals surface area contributed by atoms with Gasteiger partial charge in [-0.15, -0.1) is 0 Å². The number of amides is 2. The van der Waals surface area contributed by atoms with E-state index in [9.17, 15) is 26.4 Å². The highest BCUT2D eigenvalue weighted by atomic mass is 32.2. The summed E-state index contributed by atoms with van der Waals surface area (Å²) >= 11 is 0. The molecule has 2 aromatic heterocycles. The Hall–Kier alpha value is -3.33. The van der Waals surface area contributed by atoms with Gasteiger partial charge in [0.2, 0.25) is 10.0 Å². The van der Waals surface area contributed by atoms with Crippen LogP contribution in [0, 0.1) is 17.5 Å². The van der Waals surface area contributed by atoms with Gasteiger partial charge in [-0.3, -0.25) is 9.88 Å². The quantitative estimate of drug-likeness (QED) is 0.507. The topological polar surface area (TPSA) is 109 Å². The third-order valence-electron chi connectivity index (χ3n) is 6.31. The van der Waals surface area contributed by atoms with Crippen molar-refractivity contribution in [1.29, 1.82) is 0 Å². The maximum absolute atomic E-state index is 15.0. The lowest BCUT2D eigenvalue weighted by Gasteiger charge is -2.37. The van der Waals surface area contributed by atoms with E-state index in [2.05, 4.69) is 10.1 Å². The molecule has 2 atom stereocenters. The Balaban J connectivity index is 1.55. The van der Waals surface area contributed by atoms with Crippen LogP contribution in [-0.2, 0) is 10.0 Å². The second-order valence-corrected chi connectivity index (χ2v) is 10.5. The van der Waals surface area contributed by atoms with E-state index in [0.717, 1.165) is 28.1 Å². The van der Waals surface area contributed by atoms with Gasteiger partial charge in [-0.25, -0.2) is 39.9 Å². The molecule has 5 rings (SSSR count). The molecule has 36 heavy (non-hydrogen) atoms. The summed E-state index contributed by atoms with van der Waals surface area (Å²) in [6, 6.07) is -1.92. The van der Waals surface area contributed by atoms with Gasteiger partial charge < -0.3 is 9.42 Å². The largest absolute Gasteiger partial charge is 0.354 e. The minimum atomic E-state index is -3.98. The molecule has 2 aliphatic rings. The minimum absolute atomic E-state index is 0.0320. The second-order valence-electron chi connectivity index (χ2n) is 8.46. The Morgan fingerprint density at radius 1 is 1.19 bits per heavy atom. The Morgan fingerprint density at radius 2 is 1.94 bits per heavy atom. The fourth-order valence-corrected chi connectivity index (χ4v) is 5.40. The van der Waals surface area contributed by atoms with Gasteiger partial charge in [0.05, 0.1) is 17.3 Å². The third-order valence-corrected chi connectivity index (χ3v) is 7.71. The van der Waals surface area contributed by atoms with Gasteiger partial charge in [0.15, 0.2) is 17.2 Å².